The minimum Gasteiger partial charge on any atom is -0.340 e. The molecule has 4 aromatic rings. The quantitative estimate of drug-likeness (QED) is 0.493. The minimum absolute atomic E-state index is 0.0566. The zero-order chi connectivity index (χ0) is 17.9. The Morgan fingerprint density at radius 3 is 2.77 bits per heavy atom. The van der Waals surface area contributed by atoms with Gasteiger partial charge in [0.1, 0.15) is 5.65 Å². The van der Waals surface area contributed by atoms with Crippen LogP contribution in [0, 0.1) is 0 Å². The number of fused-ring (bicyclic) bond motifs is 3. The van der Waals surface area contributed by atoms with Crippen molar-refractivity contribution in [1.29, 1.82) is 0 Å². The van der Waals surface area contributed by atoms with Gasteiger partial charge < -0.3 is 9.55 Å². The fraction of sp³-hybridized carbons (Fsp3) is 0.273. The first-order chi connectivity index (χ1) is 12.8. The minimum atomic E-state index is 0.0566. The third-order valence-electron chi connectivity index (χ3n) is 4.95. The third kappa shape index (κ3) is 2.92. The van der Waals surface area contributed by atoms with Gasteiger partial charge >= 0.3 is 0 Å². The predicted molar refractivity (Wildman–Crippen MR) is 107 cm³/mol. The molecule has 0 amide bonds. The van der Waals surface area contributed by atoms with E-state index in [0.717, 1.165) is 46.2 Å². The Morgan fingerprint density at radius 1 is 1.08 bits per heavy atom. The number of nitrogens with one attached hydrogen (secondary N) is 1. The molecule has 4 nitrogen and oxygen atoms in total. The molecule has 0 aliphatic rings. The van der Waals surface area contributed by atoms with Crippen LogP contribution in [0.1, 0.15) is 32.6 Å². The van der Waals surface area contributed by atoms with E-state index in [-0.39, 0.29) is 5.43 Å². The highest BCUT2D eigenvalue weighted by Crippen LogP contribution is 2.28. The second-order valence-corrected chi connectivity index (χ2v) is 6.74. The number of hydrogen-bond acceptors (Lipinski definition) is 2. The van der Waals surface area contributed by atoms with E-state index in [4.69, 9.17) is 0 Å². The summed E-state index contributed by atoms with van der Waals surface area (Å²) in [6.07, 6.45) is 8.30. The summed E-state index contributed by atoms with van der Waals surface area (Å²) in [4.78, 5) is 20.6. The van der Waals surface area contributed by atoms with Crippen molar-refractivity contribution in [3.05, 3.63) is 65.1 Å². The molecule has 0 atom stereocenters. The fourth-order valence-corrected chi connectivity index (χ4v) is 3.66. The molecule has 1 N–H and O–H groups in total. The number of benzene rings is 1. The van der Waals surface area contributed by atoms with Crippen LogP contribution < -0.4 is 5.43 Å². The van der Waals surface area contributed by atoms with Crippen LogP contribution in [-0.2, 0) is 6.54 Å². The molecule has 1 aromatic carbocycles. The zero-order valence-corrected chi connectivity index (χ0v) is 15.0. The highest BCUT2D eigenvalue weighted by Gasteiger charge is 2.15. The van der Waals surface area contributed by atoms with Crippen molar-refractivity contribution < 1.29 is 0 Å². The zero-order valence-electron chi connectivity index (χ0n) is 15.0. The van der Waals surface area contributed by atoms with Gasteiger partial charge in [0.2, 0.25) is 0 Å². The Balaban J connectivity index is 1.91. The largest absolute Gasteiger partial charge is 0.340 e. The average Bonchev–Trinajstić information content (AvgIpc) is 3.00. The van der Waals surface area contributed by atoms with Gasteiger partial charge in [-0.2, -0.15) is 0 Å². The van der Waals surface area contributed by atoms with E-state index < -0.39 is 0 Å². The normalized spacial score (nSPS) is 11.4. The summed E-state index contributed by atoms with van der Waals surface area (Å²) in [5, 5.41) is 1.81. The van der Waals surface area contributed by atoms with Crippen molar-refractivity contribution in [3.63, 3.8) is 0 Å². The van der Waals surface area contributed by atoms with E-state index in [1.807, 2.05) is 30.3 Å². The number of unbranched alkanes of at least 4 members (excludes halogenated alkanes) is 3. The third-order valence-corrected chi connectivity index (χ3v) is 4.95. The molecule has 0 unspecified atom stereocenters. The monoisotopic (exact) mass is 345 g/mol. The van der Waals surface area contributed by atoms with Crippen LogP contribution in [-0.4, -0.2) is 14.5 Å². The molecule has 0 saturated heterocycles. The maximum absolute atomic E-state index is 12.9. The molecule has 4 rings (SSSR count). The number of aromatic nitrogens is 3. The number of nitrogens with zero attached hydrogens (tertiary/aromatic N) is 2. The fourth-order valence-electron chi connectivity index (χ4n) is 3.66. The lowest BCUT2D eigenvalue weighted by Crippen LogP contribution is -2.05. The Labute approximate surface area is 152 Å². The summed E-state index contributed by atoms with van der Waals surface area (Å²) >= 11 is 0. The van der Waals surface area contributed by atoms with Gasteiger partial charge in [-0.25, -0.2) is 0 Å². The Morgan fingerprint density at radius 2 is 1.96 bits per heavy atom. The molecule has 4 heteroatoms. The summed E-state index contributed by atoms with van der Waals surface area (Å²) in [7, 11) is 0. The highest BCUT2D eigenvalue weighted by molar-refractivity contribution is 6.07. The van der Waals surface area contributed by atoms with Crippen LogP contribution in [0.3, 0.4) is 0 Å². The molecule has 0 saturated carbocycles. The molecule has 0 bridgehead atoms. The van der Waals surface area contributed by atoms with Gasteiger partial charge in [0.25, 0.3) is 0 Å². The maximum atomic E-state index is 12.9. The van der Waals surface area contributed by atoms with Gasteiger partial charge in [-0.05, 0) is 24.6 Å². The lowest BCUT2D eigenvalue weighted by Gasteiger charge is -2.08. The van der Waals surface area contributed by atoms with Gasteiger partial charge in [0.05, 0.1) is 16.6 Å². The molecule has 0 radical (unpaired) electrons. The number of pyridine rings is 2. The molecule has 0 aliphatic carbocycles. The summed E-state index contributed by atoms with van der Waals surface area (Å²) in [6, 6.07) is 13.7. The van der Waals surface area contributed by atoms with Gasteiger partial charge in [0.15, 0.2) is 5.43 Å². The van der Waals surface area contributed by atoms with Crippen LogP contribution in [0.5, 0.6) is 0 Å². The molecule has 3 aromatic heterocycles. The van der Waals surface area contributed by atoms with Gasteiger partial charge in [-0.1, -0.05) is 44.4 Å². The number of rotatable bonds is 6. The first kappa shape index (κ1) is 16.6. The second-order valence-electron chi connectivity index (χ2n) is 6.74. The number of aryl methyl sites for hydroxylation is 1. The topological polar surface area (TPSA) is 50.7 Å². The van der Waals surface area contributed by atoms with E-state index >= 15 is 0 Å². The maximum Gasteiger partial charge on any atom is 0.192 e. The van der Waals surface area contributed by atoms with Gasteiger partial charge in [-0.15, -0.1) is 0 Å². The van der Waals surface area contributed by atoms with E-state index in [2.05, 4.69) is 27.5 Å². The molecule has 132 valence electrons. The number of H-pyrrole nitrogens is 1. The summed E-state index contributed by atoms with van der Waals surface area (Å²) in [5.74, 6) is 0. The van der Waals surface area contributed by atoms with E-state index in [1.54, 1.807) is 18.5 Å². The Kier molecular flexibility index (Phi) is 4.57. The van der Waals surface area contributed by atoms with E-state index in [9.17, 15) is 4.79 Å². The Bertz CT molecular complexity index is 1090. The van der Waals surface area contributed by atoms with Crippen molar-refractivity contribution in [3.8, 4) is 11.3 Å². The molecule has 0 spiro atoms. The summed E-state index contributed by atoms with van der Waals surface area (Å²) in [5.41, 5.74) is 3.83. The molecule has 0 aliphatic heterocycles. The molecular weight excluding hydrogens is 322 g/mol. The predicted octanol–water partition coefficient (Wildman–Crippen LogP) is 5.13. The molecule has 26 heavy (non-hydrogen) atoms. The van der Waals surface area contributed by atoms with E-state index in [0.29, 0.717) is 0 Å². The first-order valence-electron chi connectivity index (χ1n) is 9.34. The van der Waals surface area contributed by atoms with Crippen LogP contribution in [0.15, 0.2) is 59.7 Å². The first-order valence-corrected chi connectivity index (χ1v) is 9.34. The standard InChI is InChI=1S/C22H23N3O/c1-2-3-4-7-13-25-19-11-6-5-10-17(19)21-20(26)14-18(24-22(21)25)16-9-8-12-23-15-16/h5-6,8-12,14-15H,2-4,7,13H2,1H3,(H,24,26). The lowest BCUT2D eigenvalue weighted by molar-refractivity contribution is 0.600. The molecule has 3 heterocycles. The smallest absolute Gasteiger partial charge is 0.192 e. The number of hydrogen-bond donors (Lipinski definition) is 1. The van der Waals surface area contributed by atoms with Crippen LogP contribution in [0.4, 0.5) is 0 Å². The second kappa shape index (κ2) is 7.16. The van der Waals surface area contributed by atoms with Crippen LogP contribution >= 0.6 is 0 Å². The Hall–Kier alpha value is -2.88. The molecule has 0 fully saturated rings. The van der Waals surface area contributed by atoms with Gasteiger partial charge in [0, 0.05) is 36.0 Å². The summed E-state index contributed by atoms with van der Waals surface area (Å²) in [6.45, 7) is 3.13. The van der Waals surface area contributed by atoms with Crippen LogP contribution in [0.25, 0.3) is 33.2 Å². The number of aromatic amines is 1. The number of para-hydroxylation sites is 1. The van der Waals surface area contributed by atoms with Crippen molar-refractivity contribution in [2.24, 2.45) is 0 Å². The van der Waals surface area contributed by atoms with Gasteiger partial charge in [-0.3, -0.25) is 9.78 Å². The van der Waals surface area contributed by atoms with Crippen molar-refractivity contribution in [2.75, 3.05) is 0 Å². The van der Waals surface area contributed by atoms with E-state index in [1.165, 1.54) is 19.3 Å². The highest BCUT2D eigenvalue weighted by atomic mass is 16.1. The van der Waals surface area contributed by atoms with Crippen molar-refractivity contribution >= 4 is 21.9 Å². The SMILES string of the molecule is CCCCCCn1c2ccccc2c2c(=O)cc(-c3cccnc3)[nH]c21. The summed E-state index contributed by atoms with van der Waals surface area (Å²) < 4.78 is 2.27. The lowest BCUT2D eigenvalue weighted by atomic mass is 10.1. The molecular formula is C22H23N3O. The average molecular weight is 345 g/mol. The van der Waals surface area contributed by atoms with Crippen LogP contribution in [0.2, 0.25) is 0 Å². The van der Waals surface area contributed by atoms with Crippen molar-refractivity contribution in [2.45, 2.75) is 39.2 Å². The van der Waals surface area contributed by atoms with Crippen molar-refractivity contribution in [1.82, 2.24) is 14.5 Å².